The third kappa shape index (κ3) is 2.79. The number of rotatable bonds is 3. The van der Waals surface area contributed by atoms with E-state index in [9.17, 15) is 4.79 Å². The zero-order valence-electron chi connectivity index (χ0n) is 14.5. The molecule has 27 heavy (non-hydrogen) atoms. The van der Waals surface area contributed by atoms with Gasteiger partial charge in [0.2, 0.25) is 0 Å². The molecular weight excluding hydrogens is 336 g/mol. The molecule has 0 amide bonds. The lowest BCUT2D eigenvalue weighted by Crippen LogP contribution is -2.21. The van der Waals surface area contributed by atoms with Crippen molar-refractivity contribution in [1.29, 1.82) is 0 Å². The van der Waals surface area contributed by atoms with Crippen molar-refractivity contribution in [3.05, 3.63) is 101 Å². The standard InChI is InChI=1S/C22H16N4O/c27-22-19-3-1-2-4-20(19)24-15-26(22)13-16-5-7-17(8-6-16)18-9-10-21-23-11-12-25(21)14-18/h1-12,14-15H,13H2. The molecule has 5 aromatic rings. The maximum absolute atomic E-state index is 12.6. The van der Waals surface area contributed by atoms with Gasteiger partial charge < -0.3 is 4.40 Å². The van der Waals surface area contributed by atoms with E-state index in [1.807, 2.05) is 40.9 Å². The van der Waals surface area contributed by atoms with Gasteiger partial charge >= 0.3 is 0 Å². The van der Waals surface area contributed by atoms with E-state index in [0.717, 1.165) is 27.9 Å². The van der Waals surface area contributed by atoms with Crippen molar-refractivity contribution < 1.29 is 0 Å². The van der Waals surface area contributed by atoms with Gasteiger partial charge in [-0.1, -0.05) is 36.4 Å². The Bertz CT molecular complexity index is 1320. The first kappa shape index (κ1) is 15.5. The molecule has 3 aromatic heterocycles. The van der Waals surface area contributed by atoms with E-state index in [1.54, 1.807) is 17.1 Å². The van der Waals surface area contributed by atoms with Crippen LogP contribution in [0.15, 0.2) is 90.4 Å². The van der Waals surface area contributed by atoms with Crippen molar-refractivity contribution in [1.82, 2.24) is 18.9 Å². The molecule has 0 bridgehead atoms. The Morgan fingerprint density at radius 2 is 1.67 bits per heavy atom. The van der Waals surface area contributed by atoms with Gasteiger partial charge in [-0.2, -0.15) is 0 Å². The van der Waals surface area contributed by atoms with Crippen LogP contribution in [0.3, 0.4) is 0 Å². The maximum atomic E-state index is 12.6. The fraction of sp³-hybridized carbons (Fsp3) is 0.0455. The van der Waals surface area contributed by atoms with Gasteiger partial charge in [0.05, 0.1) is 23.8 Å². The van der Waals surface area contributed by atoms with Crippen LogP contribution in [0.2, 0.25) is 0 Å². The van der Waals surface area contributed by atoms with Crippen molar-refractivity contribution in [2.45, 2.75) is 6.54 Å². The highest BCUT2D eigenvalue weighted by Crippen LogP contribution is 2.20. The van der Waals surface area contributed by atoms with E-state index in [0.29, 0.717) is 11.9 Å². The van der Waals surface area contributed by atoms with Gasteiger partial charge in [-0.25, -0.2) is 9.97 Å². The highest BCUT2D eigenvalue weighted by Gasteiger charge is 2.05. The lowest BCUT2D eigenvalue weighted by molar-refractivity contribution is 0.748. The SMILES string of the molecule is O=c1c2ccccc2ncn1Cc1ccc(-c2ccc3nccn3c2)cc1. The van der Waals surface area contributed by atoms with Crippen molar-refractivity contribution in [2.75, 3.05) is 0 Å². The molecule has 130 valence electrons. The lowest BCUT2D eigenvalue weighted by atomic mass is 10.1. The Morgan fingerprint density at radius 1 is 0.852 bits per heavy atom. The number of pyridine rings is 1. The molecule has 5 rings (SSSR count). The third-order valence-corrected chi connectivity index (χ3v) is 4.76. The summed E-state index contributed by atoms with van der Waals surface area (Å²) < 4.78 is 3.65. The summed E-state index contributed by atoms with van der Waals surface area (Å²) in [5, 5.41) is 0.644. The number of imidazole rings is 1. The van der Waals surface area contributed by atoms with Crippen LogP contribution >= 0.6 is 0 Å². The van der Waals surface area contributed by atoms with Crippen molar-refractivity contribution in [3.63, 3.8) is 0 Å². The molecular formula is C22H16N4O. The van der Waals surface area contributed by atoms with Crippen LogP contribution in [0.1, 0.15) is 5.56 Å². The molecule has 2 aromatic carbocycles. The van der Waals surface area contributed by atoms with Crippen LogP contribution in [0.4, 0.5) is 0 Å². The monoisotopic (exact) mass is 352 g/mol. The Hall–Kier alpha value is -3.73. The molecule has 0 N–H and O–H groups in total. The van der Waals surface area contributed by atoms with Gasteiger partial charge in [0.15, 0.2) is 0 Å². The highest BCUT2D eigenvalue weighted by molar-refractivity contribution is 5.76. The first-order chi connectivity index (χ1) is 13.3. The fourth-order valence-corrected chi connectivity index (χ4v) is 3.31. The molecule has 0 aliphatic rings. The number of nitrogens with zero attached hydrogens (tertiary/aromatic N) is 4. The quantitative estimate of drug-likeness (QED) is 0.497. The Labute approximate surface area is 155 Å². The van der Waals surface area contributed by atoms with Crippen LogP contribution in [0, 0.1) is 0 Å². The first-order valence-corrected chi connectivity index (χ1v) is 8.74. The third-order valence-electron chi connectivity index (χ3n) is 4.76. The fourth-order valence-electron chi connectivity index (χ4n) is 3.31. The molecule has 0 unspecified atom stereocenters. The van der Waals surface area contributed by atoms with Gasteiger partial charge in [-0.15, -0.1) is 0 Å². The lowest BCUT2D eigenvalue weighted by Gasteiger charge is -2.08. The van der Waals surface area contributed by atoms with E-state index in [-0.39, 0.29) is 5.56 Å². The number of hydrogen-bond donors (Lipinski definition) is 0. The molecule has 0 fully saturated rings. The minimum atomic E-state index is -0.0183. The Balaban J connectivity index is 1.45. The number of benzene rings is 2. The summed E-state index contributed by atoms with van der Waals surface area (Å²) in [6.45, 7) is 0.498. The van der Waals surface area contributed by atoms with E-state index in [1.165, 1.54) is 0 Å². The zero-order chi connectivity index (χ0) is 18.2. The van der Waals surface area contributed by atoms with Gasteiger partial charge in [0.25, 0.3) is 5.56 Å². The van der Waals surface area contributed by atoms with E-state index < -0.39 is 0 Å². The van der Waals surface area contributed by atoms with Crippen molar-refractivity contribution in [2.24, 2.45) is 0 Å². The van der Waals surface area contributed by atoms with Crippen molar-refractivity contribution >= 4 is 16.6 Å². The average Bonchev–Trinajstić information content (AvgIpc) is 3.19. The summed E-state index contributed by atoms with van der Waals surface area (Å²) in [6, 6.07) is 19.7. The summed E-state index contributed by atoms with van der Waals surface area (Å²) in [5.74, 6) is 0. The number of para-hydroxylation sites is 1. The highest BCUT2D eigenvalue weighted by atomic mass is 16.1. The Kier molecular flexibility index (Phi) is 3.57. The van der Waals surface area contributed by atoms with E-state index in [4.69, 9.17) is 0 Å². The average molecular weight is 352 g/mol. The van der Waals surface area contributed by atoms with Gasteiger partial charge in [-0.3, -0.25) is 9.36 Å². The summed E-state index contributed by atoms with van der Waals surface area (Å²) in [7, 11) is 0. The second-order valence-corrected chi connectivity index (χ2v) is 6.50. The molecule has 0 aliphatic carbocycles. The molecule has 0 atom stereocenters. The molecule has 5 heteroatoms. The summed E-state index contributed by atoms with van der Waals surface area (Å²) in [4.78, 5) is 21.3. The van der Waals surface area contributed by atoms with Gasteiger partial charge in [-0.05, 0) is 41.0 Å². The second kappa shape index (κ2) is 6.21. The number of aromatic nitrogens is 4. The zero-order valence-corrected chi connectivity index (χ0v) is 14.5. The van der Waals surface area contributed by atoms with Crippen LogP contribution < -0.4 is 5.56 Å². The van der Waals surface area contributed by atoms with Gasteiger partial charge in [0.1, 0.15) is 5.65 Å². The molecule has 0 aliphatic heterocycles. The van der Waals surface area contributed by atoms with Gasteiger partial charge in [0, 0.05) is 18.6 Å². The Morgan fingerprint density at radius 3 is 2.56 bits per heavy atom. The van der Waals surface area contributed by atoms with Crippen LogP contribution in [0.5, 0.6) is 0 Å². The predicted octanol–water partition coefficient (Wildman–Crippen LogP) is 3.76. The molecule has 3 heterocycles. The van der Waals surface area contributed by atoms with Crippen LogP contribution in [-0.2, 0) is 6.54 Å². The summed E-state index contributed by atoms with van der Waals surface area (Å²) in [6.07, 6.45) is 7.41. The topological polar surface area (TPSA) is 52.2 Å². The smallest absolute Gasteiger partial charge is 0.261 e. The minimum absolute atomic E-state index is 0.0183. The van der Waals surface area contributed by atoms with Crippen LogP contribution in [-0.4, -0.2) is 18.9 Å². The molecule has 0 radical (unpaired) electrons. The summed E-state index contributed by atoms with van der Waals surface area (Å²) in [5.41, 5.74) is 4.94. The largest absolute Gasteiger partial charge is 0.306 e. The molecule has 0 saturated carbocycles. The molecule has 0 saturated heterocycles. The minimum Gasteiger partial charge on any atom is -0.306 e. The molecule has 0 spiro atoms. The first-order valence-electron chi connectivity index (χ1n) is 8.74. The van der Waals surface area contributed by atoms with E-state index in [2.05, 4.69) is 46.5 Å². The van der Waals surface area contributed by atoms with Crippen LogP contribution in [0.25, 0.3) is 27.7 Å². The van der Waals surface area contributed by atoms with Crippen molar-refractivity contribution in [3.8, 4) is 11.1 Å². The maximum Gasteiger partial charge on any atom is 0.261 e. The van der Waals surface area contributed by atoms with E-state index >= 15 is 0 Å². The number of hydrogen-bond acceptors (Lipinski definition) is 3. The normalized spacial score (nSPS) is 11.3. The predicted molar refractivity (Wildman–Crippen MR) is 106 cm³/mol. The molecule has 5 nitrogen and oxygen atoms in total. The summed E-state index contributed by atoms with van der Waals surface area (Å²) >= 11 is 0. The number of fused-ring (bicyclic) bond motifs is 2. The second-order valence-electron chi connectivity index (χ2n) is 6.50.